The third-order valence-corrected chi connectivity index (χ3v) is 7.04. The number of hydrogen-bond acceptors (Lipinski definition) is 8. The van der Waals surface area contributed by atoms with Crippen LogP contribution in [-0.2, 0) is 20.1 Å². The molecule has 13 heteroatoms. The van der Waals surface area contributed by atoms with Crippen LogP contribution in [0.3, 0.4) is 0 Å². The number of anilines is 2. The number of azo groups is 1. The fourth-order valence-electron chi connectivity index (χ4n) is 3.16. The number of nitrogens with zero attached hydrogens (tertiary/aromatic N) is 2. The predicted molar refractivity (Wildman–Crippen MR) is 125 cm³/mol. The molecule has 0 saturated carbocycles. The van der Waals surface area contributed by atoms with Crippen molar-refractivity contribution in [1.82, 2.24) is 0 Å². The van der Waals surface area contributed by atoms with Gasteiger partial charge in [0.25, 0.3) is 20.1 Å². The molecule has 0 amide bonds. The van der Waals surface area contributed by atoms with Crippen LogP contribution in [-0.4, -0.2) is 21.4 Å². The Kier molecular flexibility index (Phi) is 7.84. The molecule has 0 aliphatic carbocycles. The maximum absolute atomic E-state index is 12.9. The molecule has 0 spiro atoms. The second-order valence-corrected chi connectivity index (χ2v) is 10.2. The van der Waals surface area contributed by atoms with E-state index in [1.165, 1.54) is 42.5 Å². The maximum atomic E-state index is 12.9. The zero-order valence-electron chi connectivity index (χ0n) is 18.3. The third kappa shape index (κ3) is 5.99. The van der Waals surface area contributed by atoms with Gasteiger partial charge in [0.15, 0.2) is 0 Å². The van der Waals surface area contributed by atoms with Crippen molar-refractivity contribution in [3.05, 3.63) is 78.9 Å². The van der Waals surface area contributed by atoms with Gasteiger partial charge < -0.3 is 10.8 Å². The molecule has 4 N–H and O–H groups in total. The van der Waals surface area contributed by atoms with Gasteiger partial charge in [0.1, 0.15) is 4.90 Å². The van der Waals surface area contributed by atoms with Crippen molar-refractivity contribution < 1.29 is 56.1 Å². The van der Waals surface area contributed by atoms with Crippen LogP contribution in [0.5, 0.6) is 5.75 Å². The van der Waals surface area contributed by atoms with Crippen molar-refractivity contribution >= 4 is 53.7 Å². The molecular weight excluding hydrogens is 503 g/mol. The first-order valence-electron chi connectivity index (χ1n) is 9.65. The van der Waals surface area contributed by atoms with Gasteiger partial charge in [0, 0.05) is 11.4 Å². The number of nitrogens with one attached hydrogen (secondary N) is 1. The summed E-state index contributed by atoms with van der Waals surface area (Å²) in [6, 6.07) is 19.0. The molecule has 4 aromatic carbocycles. The topological polar surface area (TPSA) is 174 Å². The van der Waals surface area contributed by atoms with Crippen molar-refractivity contribution in [3.63, 3.8) is 0 Å². The molecule has 4 rings (SSSR count). The summed E-state index contributed by atoms with van der Waals surface area (Å²) >= 11 is 0. The monoisotopic (exact) mass is 520 g/mol. The summed E-state index contributed by atoms with van der Waals surface area (Å²) in [5, 5.41) is 20.8. The third-order valence-electron chi connectivity index (χ3n) is 4.77. The van der Waals surface area contributed by atoms with Crippen LogP contribution in [0.2, 0.25) is 0 Å². The zero-order valence-corrected chi connectivity index (χ0v) is 21.9. The van der Waals surface area contributed by atoms with E-state index < -0.39 is 36.5 Å². The first-order chi connectivity index (χ1) is 16.0. The molecule has 0 heterocycles. The molecule has 0 aromatic heterocycles. The van der Waals surface area contributed by atoms with Gasteiger partial charge in [-0.15, -0.1) is 5.11 Å². The Morgan fingerprint density at radius 1 is 0.857 bits per heavy atom. The summed E-state index contributed by atoms with van der Waals surface area (Å²) in [5.41, 5.74) is 5.94. The van der Waals surface area contributed by atoms with Crippen molar-refractivity contribution in [2.24, 2.45) is 10.2 Å². The van der Waals surface area contributed by atoms with E-state index in [0.29, 0.717) is 5.69 Å². The molecule has 0 saturated heterocycles. The summed E-state index contributed by atoms with van der Waals surface area (Å²) in [4.78, 5) is -0.746. The number of benzene rings is 4. The summed E-state index contributed by atoms with van der Waals surface area (Å²) in [6.45, 7) is 0. The van der Waals surface area contributed by atoms with Gasteiger partial charge >= 0.3 is 29.6 Å². The van der Waals surface area contributed by atoms with Crippen LogP contribution in [0.25, 0.3) is 10.8 Å². The quantitative estimate of drug-likeness (QED) is 0.147. The number of nitrogens with two attached hydrogens (primary N) is 1. The van der Waals surface area contributed by atoms with Gasteiger partial charge in [-0.25, -0.2) is 8.42 Å². The second kappa shape index (κ2) is 10.3. The zero-order chi connectivity index (χ0) is 24.5. The molecule has 0 fully saturated rings. The minimum atomic E-state index is -4.79. The molecule has 0 atom stereocenters. The van der Waals surface area contributed by atoms with Crippen LogP contribution in [0, 0.1) is 0 Å². The number of fused-ring (bicyclic) bond motifs is 1. The Labute approximate surface area is 223 Å². The molecule has 0 unspecified atom stereocenters. The number of hydrogen-bond donors (Lipinski definition) is 3. The molecule has 4 aromatic rings. The summed E-state index contributed by atoms with van der Waals surface area (Å²) in [7, 11) is -8.65. The molecule has 0 radical (unpaired) electrons. The molecule has 10 nitrogen and oxygen atoms in total. The maximum Gasteiger partial charge on any atom is 1.00 e. The Morgan fingerprint density at radius 3 is 2.14 bits per heavy atom. The Balaban J connectivity index is 0.00000342. The van der Waals surface area contributed by atoms with Crippen LogP contribution in [0.4, 0.5) is 22.7 Å². The van der Waals surface area contributed by atoms with Crippen molar-refractivity contribution in [1.29, 1.82) is 0 Å². The second-order valence-electron chi connectivity index (χ2n) is 7.17. The van der Waals surface area contributed by atoms with Crippen molar-refractivity contribution in [2.45, 2.75) is 9.79 Å². The summed E-state index contributed by atoms with van der Waals surface area (Å²) < 4.78 is 60.8. The standard InChI is InChI=1S/C22H18N4O6S2.Na/c23-15-7-6-14-12-20(34(30,31)32)21(22(27)19(14)13-15)25-24-16-8-10-18(11-9-16)33(28,29)26-17-4-2-1-3-5-17;/h1-13,26-27H,23H2,(H,30,31,32);/q;+1/p-1. The van der Waals surface area contributed by atoms with Gasteiger partial charge in [-0.2, -0.15) is 13.5 Å². The Morgan fingerprint density at radius 2 is 1.51 bits per heavy atom. The molecule has 0 bridgehead atoms. The van der Waals surface area contributed by atoms with E-state index in [0.717, 1.165) is 6.07 Å². The first-order valence-corrected chi connectivity index (χ1v) is 12.6. The van der Waals surface area contributed by atoms with E-state index in [1.807, 2.05) is 0 Å². The average molecular weight is 521 g/mol. The molecule has 35 heavy (non-hydrogen) atoms. The van der Waals surface area contributed by atoms with Crippen LogP contribution in [0.1, 0.15) is 0 Å². The van der Waals surface area contributed by atoms with Gasteiger partial charge in [-0.05, 0) is 65.4 Å². The van der Waals surface area contributed by atoms with E-state index in [2.05, 4.69) is 15.0 Å². The minimum absolute atomic E-state index is 0. The van der Waals surface area contributed by atoms with Gasteiger partial charge in [0.2, 0.25) is 0 Å². The minimum Gasteiger partial charge on any atom is -0.871 e. The smallest absolute Gasteiger partial charge is 0.871 e. The first kappa shape index (κ1) is 26.6. The van der Waals surface area contributed by atoms with E-state index in [1.54, 1.807) is 30.3 Å². The summed E-state index contributed by atoms with van der Waals surface area (Å²) in [6.07, 6.45) is 0. The van der Waals surface area contributed by atoms with Crippen LogP contribution in [0.15, 0.2) is 98.9 Å². The van der Waals surface area contributed by atoms with Crippen molar-refractivity contribution in [2.75, 3.05) is 10.5 Å². The molecule has 0 aliphatic rings. The van der Waals surface area contributed by atoms with Crippen molar-refractivity contribution in [3.8, 4) is 5.75 Å². The van der Waals surface area contributed by atoms with Crippen LogP contribution >= 0.6 is 0 Å². The van der Waals surface area contributed by atoms with Gasteiger partial charge in [-0.3, -0.25) is 9.27 Å². The Hall–Kier alpha value is -3.00. The van der Waals surface area contributed by atoms with Crippen LogP contribution < -0.4 is 45.1 Å². The van der Waals surface area contributed by atoms with E-state index in [4.69, 9.17) is 5.73 Å². The van der Waals surface area contributed by atoms with E-state index in [-0.39, 0.29) is 56.6 Å². The van der Waals surface area contributed by atoms with Gasteiger partial charge in [0.05, 0.1) is 16.3 Å². The number of nitrogen functional groups attached to an aromatic ring is 1. The number of sulfonamides is 1. The normalized spacial score (nSPS) is 11.9. The largest absolute Gasteiger partial charge is 1.00 e. The predicted octanol–water partition coefficient (Wildman–Crippen LogP) is 0.962. The SMILES string of the molecule is Nc1ccc2cc(S(=O)(=O)O)c(N=Nc3ccc(S(=O)(=O)Nc4ccccc4)cc3)c([O-])c2c1.[Na+]. The van der Waals surface area contributed by atoms with E-state index in [9.17, 15) is 26.5 Å². The van der Waals surface area contributed by atoms with Gasteiger partial charge in [-0.1, -0.05) is 30.0 Å². The molecule has 0 aliphatic heterocycles. The fraction of sp³-hybridized carbons (Fsp3) is 0. The summed E-state index contributed by atoms with van der Waals surface area (Å²) in [5.74, 6) is -0.785. The number of para-hydroxylation sites is 1. The Bertz CT molecular complexity index is 1630. The molecule has 174 valence electrons. The average Bonchev–Trinajstić information content (AvgIpc) is 2.79. The van der Waals surface area contributed by atoms with E-state index >= 15 is 0 Å². The number of rotatable bonds is 6. The fourth-order valence-corrected chi connectivity index (χ4v) is 4.87. The molecular formula is C22H17N4NaO6S2.